The Morgan fingerprint density at radius 2 is 1.76 bits per heavy atom. The zero-order valence-corrected chi connectivity index (χ0v) is 13.2. The summed E-state index contributed by atoms with van der Waals surface area (Å²) in [6.45, 7) is 3.55. The lowest BCUT2D eigenvalue weighted by Gasteiger charge is -2.28. The van der Waals surface area contributed by atoms with Crippen molar-refractivity contribution < 1.29 is 16.8 Å². The molecule has 17 heavy (non-hydrogen) atoms. The van der Waals surface area contributed by atoms with E-state index in [9.17, 15) is 16.8 Å². The average Bonchev–Trinajstić information content (AvgIpc) is 2.15. The third-order valence-corrected chi connectivity index (χ3v) is 8.00. The van der Waals surface area contributed by atoms with Crippen LogP contribution in [0.15, 0.2) is 0 Å². The number of hydrogen-bond acceptors (Lipinski definition) is 4. The Bertz CT molecular complexity index is 455. The third kappa shape index (κ3) is 4.50. The molecule has 8 heteroatoms. The molecule has 0 aromatic heterocycles. The Kier molecular flexibility index (Phi) is 4.66. The second-order valence-electron chi connectivity index (χ2n) is 5.02. The number of sulfonamides is 1. The fourth-order valence-corrected chi connectivity index (χ4v) is 5.66. The van der Waals surface area contributed by atoms with Crippen molar-refractivity contribution in [3.63, 3.8) is 0 Å². The number of alkyl halides is 1. The lowest BCUT2D eigenvalue weighted by Crippen LogP contribution is -2.50. The fourth-order valence-electron chi connectivity index (χ4n) is 1.67. The molecule has 0 bridgehead atoms. The molecule has 0 aromatic rings. The first kappa shape index (κ1) is 15.4. The second-order valence-corrected chi connectivity index (χ2v) is 9.84. The van der Waals surface area contributed by atoms with Crippen LogP contribution in [-0.2, 0) is 19.9 Å². The molecular weight excluding hydrogens is 330 g/mol. The number of nitrogens with one attached hydrogen (secondary N) is 1. The monoisotopic (exact) mass is 347 g/mol. The van der Waals surface area contributed by atoms with E-state index in [0.29, 0.717) is 5.33 Å². The van der Waals surface area contributed by atoms with E-state index in [2.05, 4.69) is 20.7 Å². The molecule has 1 fully saturated rings. The molecule has 0 atom stereocenters. The molecule has 0 aromatic carbocycles. The zero-order valence-electron chi connectivity index (χ0n) is 9.94. The van der Waals surface area contributed by atoms with Gasteiger partial charge in [0.1, 0.15) is 9.84 Å². The largest absolute Gasteiger partial charge is 0.229 e. The van der Waals surface area contributed by atoms with Crippen molar-refractivity contribution in [3.05, 3.63) is 0 Å². The van der Waals surface area contributed by atoms with Gasteiger partial charge in [0.25, 0.3) is 0 Å². The van der Waals surface area contributed by atoms with Crippen LogP contribution in [0.2, 0.25) is 0 Å². The summed E-state index contributed by atoms with van der Waals surface area (Å²) in [5.41, 5.74) is -0.560. The van der Waals surface area contributed by atoms with Gasteiger partial charge in [0.05, 0.1) is 16.8 Å². The Morgan fingerprint density at radius 1 is 1.29 bits per heavy atom. The van der Waals surface area contributed by atoms with E-state index in [1.165, 1.54) is 0 Å². The van der Waals surface area contributed by atoms with Crippen LogP contribution in [0.3, 0.4) is 0 Å². The van der Waals surface area contributed by atoms with Crippen LogP contribution < -0.4 is 4.72 Å². The molecular formula is C9H18BrNO4S2. The molecule has 0 spiro atoms. The van der Waals surface area contributed by atoms with Crippen LogP contribution in [-0.4, -0.2) is 44.5 Å². The molecule has 1 aliphatic rings. The van der Waals surface area contributed by atoms with Gasteiger partial charge in [0.2, 0.25) is 10.0 Å². The van der Waals surface area contributed by atoms with Crippen molar-refractivity contribution >= 4 is 35.8 Å². The predicted molar refractivity (Wildman–Crippen MR) is 71.6 cm³/mol. The van der Waals surface area contributed by atoms with E-state index in [4.69, 9.17) is 0 Å². The topological polar surface area (TPSA) is 80.3 Å². The number of sulfone groups is 1. The van der Waals surface area contributed by atoms with Gasteiger partial charge in [-0.2, -0.15) is 0 Å². The minimum Gasteiger partial charge on any atom is -0.229 e. The SMILES string of the molecule is CC(C)(CBr)NS(=O)(=O)C1CCS(=O)(=O)CC1. The quantitative estimate of drug-likeness (QED) is 0.757. The first-order valence-electron chi connectivity index (χ1n) is 5.37. The van der Waals surface area contributed by atoms with Gasteiger partial charge in [-0.15, -0.1) is 0 Å². The van der Waals surface area contributed by atoms with Gasteiger partial charge in [0.15, 0.2) is 0 Å². The van der Waals surface area contributed by atoms with Gasteiger partial charge in [-0.05, 0) is 26.7 Å². The Hall–Kier alpha value is 0.340. The number of rotatable bonds is 4. The molecule has 5 nitrogen and oxygen atoms in total. The smallest absolute Gasteiger partial charge is 0.215 e. The predicted octanol–water partition coefficient (Wildman–Crippen LogP) is 0.657. The highest BCUT2D eigenvalue weighted by Crippen LogP contribution is 2.20. The number of hydrogen-bond donors (Lipinski definition) is 1. The minimum atomic E-state index is -3.45. The standard InChI is InChI=1S/C9H18BrNO4S2/c1-9(2,7-10)11-17(14,15)8-3-5-16(12,13)6-4-8/h8,11H,3-7H2,1-2H3. The molecule has 0 saturated carbocycles. The van der Waals surface area contributed by atoms with E-state index in [-0.39, 0.29) is 24.3 Å². The van der Waals surface area contributed by atoms with Crippen molar-refractivity contribution in [3.8, 4) is 0 Å². The van der Waals surface area contributed by atoms with Crippen LogP contribution in [0.1, 0.15) is 26.7 Å². The first-order chi connectivity index (χ1) is 7.58. The average molecular weight is 348 g/mol. The second kappa shape index (κ2) is 5.14. The van der Waals surface area contributed by atoms with Crippen LogP contribution in [0.4, 0.5) is 0 Å². The van der Waals surface area contributed by atoms with Crippen molar-refractivity contribution in [1.82, 2.24) is 4.72 Å². The van der Waals surface area contributed by atoms with Gasteiger partial charge >= 0.3 is 0 Å². The van der Waals surface area contributed by atoms with E-state index in [0.717, 1.165) is 0 Å². The molecule has 0 unspecified atom stereocenters. The third-order valence-electron chi connectivity index (χ3n) is 2.69. The lowest BCUT2D eigenvalue weighted by atomic mass is 10.1. The molecule has 102 valence electrons. The first-order valence-corrected chi connectivity index (χ1v) is 9.86. The molecule has 1 N–H and O–H groups in total. The molecule has 0 aliphatic carbocycles. The maximum Gasteiger partial charge on any atom is 0.215 e. The molecule has 1 heterocycles. The van der Waals surface area contributed by atoms with E-state index in [1.807, 2.05) is 0 Å². The van der Waals surface area contributed by atoms with Crippen LogP contribution in [0.25, 0.3) is 0 Å². The highest BCUT2D eigenvalue weighted by molar-refractivity contribution is 9.09. The van der Waals surface area contributed by atoms with Gasteiger partial charge < -0.3 is 0 Å². The Morgan fingerprint density at radius 3 is 2.18 bits per heavy atom. The van der Waals surface area contributed by atoms with E-state index < -0.39 is 30.6 Å². The van der Waals surface area contributed by atoms with Crippen LogP contribution >= 0.6 is 15.9 Å². The molecule has 0 amide bonds. The molecule has 1 saturated heterocycles. The zero-order chi connectivity index (χ0) is 13.3. The maximum absolute atomic E-state index is 12.0. The van der Waals surface area contributed by atoms with Crippen molar-refractivity contribution in [2.24, 2.45) is 0 Å². The fraction of sp³-hybridized carbons (Fsp3) is 1.00. The van der Waals surface area contributed by atoms with E-state index >= 15 is 0 Å². The van der Waals surface area contributed by atoms with Crippen LogP contribution in [0.5, 0.6) is 0 Å². The van der Waals surface area contributed by atoms with Gasteiger partial charge in [-0.3, -0.25) is 0 Å². The van der Waals surface area contributed by atoms with E-state index in [1.54, 1.807) is 13.8 Å². The Balaban J connectivity index is 2.74. The van der Waals surface area contributed by atoms with Crippen molar-refractivity contribution in [1.29, 1.82) is 0 Å². The highest BCUT2D eigenvalue weighted by atomic mass is 79.9. The van der Waals surface area contributed by atoms with Crippen molar-refractivity contribution in [2.45, 2.75) is 37.5 Å². The summed E-state index contributed by atoms with van der Waals surface area (Å²) >= 11 is 3.24. The minimum absolute atomic E-state index is 0.0344. The summed E-state index contributed by atoms with van der Waals surface area (Å²) < 4.78 is 49.2. The summed E-state index contributed by atoms with van der Waals surface area (Å²) in [4.78, 5) is 0. The summed E-state index contributed by atoms with van der Waals surface area (Å²) in [6.07, 6.45) is 0.381. The molecule has 1 aliphatic heterocycles. The van der Waals surface area contributed by atoms with Crippen molar-refractivity contribution in [2.75, 3.05) is 16.8 Å². The summed E-state index contributed by atoms with van der Waals surface area (Å²) in [7, 11) is -6.47. The molecule has 0 radical (unpaired) electrons. The highest BCUT2D eigenvalue weighted by Gasteiger charge is 2.35. The van der Waals surface area contributed by atoms with Gasteiger partial charge in [-0.1, -0.05) is 15.9 Å². The Labute approximate surface area is 111 Å². The van der Waals surface area contributed by atoms with Crippen LogP contribution in [0, 0.1) is 0 Å². The van der Waals surface area contributed by atoms with Gasteiger partial charge in [-0.25, -0.2) is 21.6 Å². The number of halogens is 1. The normalized spacial score (nSPS) is 22.5. The summed E-state index contributed by atoms with van der Waals surface area (Å²) in [5, 5.41) is -0.0890. The summed E-state index contributed by atoms with van der Waals surface area (Å²) in [5.74, 6) is -0.0688. The maximum atomic E-state index is 12.0. The summed E-state index contributed by atoms with van der Waals surface area (Å²) in [6, 6.07) is 0. The lowest BCUT2D eigenvalue weighted by molar-refractivity contribution is 0.485. The molecule has 1 rings (SSSR count). The van der Waals surface area contributed by atoms with Gasteiger partial charge in [0, 0.05) is 10.9 Å².